The summed E-state index contributed by atoms with van der Waals surface area (Å²) in [5.41, 5.74) is 9.05. The molecule has 0 saturated heterocycles. The maximum Gasteiger partial charge on any atom is 0.112 e. The number of unbranched alkanes of at least 4 members (excludes halogenated alkanes) is 4. The number of nitrogens with zero attached hydrogens (tertiary/aromatic N) is 2. The number of para-hydroxylation sites is 1. The number of benzene rings is 1. The lowest BCUT2D eigenvalue weighted by Gasteiger charge is -2.10. The second kappa shape index (κ2) is 7.48. The highest BCUT2D eigenvalue weighted by molar-refractivity contribution is 5.87. The van der Waals surface area contributed by atoms with E-state index in [0.29, 0.717) is 5.92 Å². The van der Waals surface area contributed by atoms with Crippen LogP contribution in [0.5, 0.6) is 0 Å². The van der Waals surface area contributed by atoms with Gasteiger partial charge in [0, 0.05) is 13.0 Å². The molecule has 0 spiro atoms. The molecule has 116 valence electrons. The molecule has 0 aliphatic rings. The summed E-state index contributed by atoms with van der Waals surface area (Å²) >= 11 is 0. The number of anilines is 1. The van der Waals surface area contributed by atoms with E-state index >= 15 is 0 Å². The lowest BCUT2D eigenvalue weighted by molar-refractivity contribution is 0.538. The summed E-state index contributed by atoms with van der Waals surface area (Å²) < 4.78 is 2.39. The van der Waals surface area contributed by atoms with Gasteiger partial charge in [-0.15, -0.1) is 0 Å². The van der Waals surface area contributed by atoms with Gasteiger partial charge >= 0.3 is 0 Å². The first kappa shape index (κ1) is 15.9. The second-order valence-electron chi connectivity index (χ2n) is 6.41. The van der Waals surface area contributed by atoms with Crippen molar-refractivity contribution < 1.29 is 0 Å². The molecule has 0 atom stereocenters. The van der Waals surface area contributed by atoms with E-state index in [9.17, 15) is 0 Å². The quantitative estimate of drug-likeness (QED) is 0.560. The molecule has 0 aliphatic heterocycles. The van der Waals surface area contributed by atoms with Crippen LogP contribution in [0.15, 0.2) is 18.2 Å². The van der Waals surface area contributed by atoms with E-state index in [1.165, 1.54) is 43.4 Å². The minimum Gasteiger partial charge on any atom is -0.397 e. The number of hydrogen-bond donors (Lipinski definition) is 1. The van der Waals surface area contributed by atoms with E-state index in [2.05, 4.69) is 31.4 Å². The monoisotopic (exact) mass is 287 g/mol. The van der Waals surface area contributed by atoms with Crippen LogP contribution in [0.25, 0.3) is 11.0 Å². The van der Waals surface area contributed by atoms with E-state index in [1.54, 1.807) is 0 Å². The van der Waals surface area contributed by atoms with Crippen LogP contribution in [0.3, 0.4) is 0 Å². The Kier molecular flexibility index (Phi) is 5.66. The van der Waals surface area contributed by atoms with Gasteiger partial charge in [-0.05, 0) is 24.5 Å². The molecule has 0 amide bonds. The summed E-state index contributed by atoms with van der Waals surface area (Å²) in [5.74, 6) is 1.80. The summed E-state index contributed by atoms with van der Waals surface area (Å²) in [7, 11) is 0. The van der Waals surface area contributed by atoms with Crippen LogP contribution in [0.4, 0.5) is 5.69 Å². The van der Waals surface area contributed by atoms with Gasteiger partial charge in [0.2, 0.25) is 0 Å². The summed E-state index contributed by atoms with van der Waals surface area (Å²) in [6.45, 7) is 7.81. The largest absolute Gasteiger partial charge is 0.397 e. The molecule has 3 nitrogen and oxygen atoms in total. The first-order valence-electron chi connectivity index (χ1n) is 8.37. The predicted octanol–water partition coefficient (Wildman–Crippen LogP) is 4.79. The molecule has 0 fully saturated rings. The number of rotatable bonds is 8. The Balaban J connectivity index is 2.19. The normalized spacial score (nSPS) is 11.6. The van der Waals surface area contributed by atoms with E-state index < -0.39 is 0 Å². The van der Waals surface area contributed by atoms with Gasteiger partial charge in [0.15, 0.2) is 0 Å². The van der Waals surface area contributed by atoms with E-state index in [1.807, 2.05) is 12.1 Å². The van der Waals surface area contributed by atoms with Crippen molar-refractivity contribution in [1.82, 2.24) is 9.55 Å². The number of imidazole rings is 1. The van der Waals surface area contributed by atoms with Crippen molar-refractivity contribution >= 4 is 16.7 Å². The molecule has 3 heteroatoms. The standard InChI is InChI=1S/C18H29N3/c1-4-5-6-7-8-12-21-16-11-9-10-15(19)18(16)20-17(21)13-14(2)3/h9-11,14H,4-8,12-13,19H2,1-3H3. The van der Waals surface area contributed by atoms with Crippen LogP contribution < -0.4 is 5.73 Å². The van der Waals surface area contributed by atoms with Gasteiger partial charge in [-0.25, -0.2) is 4.98 Å². The Morgan fingerprint density at radius 1 is 1.14 bits per heavy atom. The first-order valence-corrected chi connectivity index (χ1v) is 8.37. The molecule has 0 aliphatic carbocycles. The lowest BCUT2D eigenvalue weighted by Crippen LogP contribution is -2.07. The van der Waals surface area contributed by atoms with Crippen LogP contribution >= 0.6 is 0 Å². The molecule has 2 rings (SSSR count). The highest BCUT2D eigenvalue weighted by atomic mass is 15.1. The molecule has 1 aromatic heterocycles. The zero-order valence-corrected chi connectivity index (χ0v) is 13.7. The molecule has 0 saturated carbocycles. The number of aromatic nitrogens is 2. The topological polar surface area (TPSA) is 43.8 Å². The van der Waals surface area contributed by atoms with Crippen LogP contribution in [0.1, 0.15) is 58.7 Å². The third kappa shape index (κ3) is 3.99. The first-order chi connectivity index (χ1) is 10.1. The minimum absolute atomic E-state index is 0.613. The van der Waals surface area contributed by atoms with Crippen molar-refractivity contribution in [3.63, 3.8) is 0 Å². The molecule has 1 aromatic carbocycles. The molecule has 2 aromatic rings. The Bertz CT molecular complexity index is 569. The third-order valence-corrected chi connectivity index (χ3v) is 3.97. The molecule has 1 heterocycles. The molecule has 0 radical (unpaired) electrons. The van der Waals surface area contributed by atoms with Crippen molar-refractivity contribution in [1.29, 1.82) is 0 Å². The fourth-order valence-electron chi connectivity index (χ4n) is 2.86. The summed E-state index contributed by atoms with van der Waals surface area (Å²) in [4.78, 5) is 4.81. The van der Waals surface area contributed by atoms with Crippen molar-refractivity contribution in [2.75, 3.05) is 5.73 Å². The van der Waals surface area contributed by atoms with Gasteiger partial charge < -0.3 is 10.3 Å². The number of fused-ring (bicyclic) bond motifs is 1. The maximum atomic E-state index is 6.09. The molecule has 21 heavy (non-hydrogen) atoms. The minimum atomic E-state index is 0.613. The number of aryl methyl sites for hydroxylation is 1. The van der Waals surface area contributed by atoms with Gasteiger partial charge in [0.25, 0.3) is 0 Å². The van der Waals surface area contributed by atoms with Gasteiger partial charge in [-0.1, -0.05) is 52.5 Å². The fraction of sp³-hybridized carbons (Fsp3) is 0.611. The van der Waals surface area contributed by atoms with Crippen molar-refractivity contribution in [2.24, 2.45) is 5.92 Å². The summed E-state index contributed by atoms with van der Waals surface area (Å²) in [6, 6.07) is 6.13. The SMILES string of the molecule is CCCCCCCn1c(CC(C)C)nc2c(N)cccc21. The smallest absolute Gasteiger partial charge is 0.112 e. The van der Waals surface area contributed by atoms with Crippen LogP contribution in [0, 0.1) is 5.92 Å². The third-order valence-electron chi connectivity index (χ3n) is 3.97. The molecule has 0 bridgehead atoms. The molecule has 0 unspecified atom stereocenters. The van der Waals surface area contributed by atoms with Crippen LogP contribution in [0.2, 0.25) is 0 Å². The zero-order valence-electron chi connectivity index (χ0n) is 13.7. The van der Waals surface area contributed by atoms with Crippen LogP contribution in [-0.2, 0) is 13.0 Å². The number of nitrogens with two attached hydrogens (primary N) is 1. The van der Waals surface area contributed by atoms with Gasteiger partial charge in [0.1, 0.15) is 11.3 Å². The zero-order chi connectivity index (χ0) is 15.2. The van der Waals surface area contributed by atoms with E-state index in [-0.39, 0.29) is 0 Å². The molecule has 2 N–H and O–H groups in total. The number of nitrogen functional groups attached to an aromatic ring is 1. The average molecular weight is 287 g/mol. The predicted molar refractivity (Wildman–Crippen MR) is 91.4 cm³/mol. The van der Waals surface area contributed by atoms with Crippen LogP contribution in [-0.4, -0.2) is 9.55 Å². The van der Waals surface area contributed by atoms with Gasteiger partial charge in [-0.2, -0.15) is 0 Å². The van der Waals surface area contributed by atoms with Gasteiger partial charge in [-0.3, -0.25) is 0 Å². The van der Waals surface area contributed by atoms with Crippen molar-refractivity contribution in [2.45, 2.75) is 65.8 Å². The van der Waals surface area contributed by atoms with Crippen molar-refractivity contribution in [3.05, 3.63) is 24.0 Å². The second-order valence-corrected chi connectivity index (χ2v) is 6.41. The Morgan fingerprint density at radius 2 is 1.90 bits per heavy atom. The Labute approximate surface area is 128 Å². The number of hydrogen-bond acceptors (Lipinski definition) is 2. The lowest BCUT2D eigenvalue weighted by atomic mass is 10.1. The van der Waals surface area contributed by atoms with Crippen molar-refractivity contribution in [3.8, 4) is 0 Å². The average Bonchev–Trinajstić information content (AvgIpc) is 2.77. The maximum absolute atomic E-state index is 6.09. The summed E-state index contributed by atoms with van der Waals surface area (Å²) in [5, 5.41) is 0. The van der Waals surface area contributed by atoms with E-state index in [0.717, 1.165) is 24.2 Å². The van der Waals surface area contributed by atoms with E-state index in [4.69, 9.17) is 10.7 Å². The highest BCUT2D eigenvalue weighted by Gasteiger charge is 2.13. The highest BCUT2D eigenvalue weighted by Crippen LogP contribution is 2.24. The fourth-order valence-corrected chi connectivity index (χ4v) is 2.86. The summed E-state index contributed by atoms with van der Waals surface area (Å²) in [6.07, 6.45) is 7.52. The Morgan fingerprint density at radius 3 is 2.62 bits per heavy atom. The molecular weight excluding hydrogens is 258 g/mol. The molecular formula is C18H29N3. The Hall–Kier alpha value is -1.51. The van der Waals surface area contributed by atoms with Gasteiger partial charge in [0.05, 0.1) is 11.2 Å².